The van der Waals surface area contributed by atoms with E-state index in [1.807, 2.05) is 19.1 Å². The number of aliphatic hydroxyl groups is 1. The van der Waals surface area contributed by atoms with Crippen LogP contribution in [0.4, 0.5) is 0 Å². The summed E-state index contributed by atoms with van der Waals surface area (Å²) >= 11 is 0. The summed E-state index contributed by atoms with van der Waals surface area (Å²) in [6.07, 6.45) is 2.15. The van der Waals surface area contributed by atoms with Crippen LogP contribution in [0.5, 0.6) is 0 Å². The number of hydrogen-bond acceptors (Lipinski definition) is 4. The molecule has 2 aromatic rings. The monoisotopic (exact) mass is 311 g/mol. The second-order valence-electron chi connectivity index (χ2n) is 5.52. The van der Waals surface area contributed by atoms with Crippen LogP contribution in [-0.4, -0.2) is 24.4 Å². The minimum atomic E-state index is 0.0497. The fraction of sp³-hybridized carbons (Fsp3) is 0.263. The van der Waals surface area contributed by atoms with Crippen molar-refractivity contribution in [2.75, 3.05) is 13.2 Å². The molecule has 0 bridgehead atoms. The zero-order chi connectivity index (χ0) is 16.1. The molecule has 4 heteroatoms. The van der Waals surface area contributed by atoms with Crippen molar-refractivity contribution < 1.29 is 14.7 Å². The first kappa shape index (κ1) is 15.7. The van der Waals surface area contributed by atoms with Crippen molar-refractivity contribution in [2.24, 2.45) is 0 Å². The largest absolute Gasteiger partial charge is 0.394 e. The van der Waals surface area contributed by atoms with Gasteiger partial charge in [-0.1, -0.05) is 48.5 Å². The van der Waals surface area contributed by atoms with Crippen LogP contribution in [-0.2, 0) is 16.2 Å². The molecule has 0 amide bonds. The highest BCUT2D eigenvalue weighted by Crippen LogP contribution is 2.30. The molecule has 0 aliphatic carbocycles. The molecule has 0 fully saturated rings. The maximum atomic E-state index is 8.74. The van der Waals surface area contributed by atoms with Gasteiger partial charge in [0, 0.05) is 5.56 Å². The summed E-state index contributed by atoms with van der Waals surface area (Å²) in [6.45, 7) is 2.93. The fourth-order valence-electron chi connectivity index (χ4n) is 2.61. The van der Waals surface area contributed by atoms with E-state index < -0.39 is 0 Å². The average molecular weight is 311 g/mol. The number of aliphatic hydroxyl groups excluding tert-OH is 1. The molecule has 4 nitrogen and oxygen atoms in total. The zero-order valence-corrected chi connectivity index (χ0v) is 13.2. The predicted molar refractivity (Wildman–Crippen MR) is 90.3 cm³/mol. The Hall–Kier alpha value is -2.14. The molecule has 1 aliphatic heterocycles. The van der Waals surface area contributed by atoms with Gasteiger partial charge in [-0.15, -0.1) is 0 Å². The standard InChI is InChI=1S/C19H21NO3/c1-14-12-19(20-23-14)18-5-3-2-4-17(18)16-8-6-15(7-9-16)13-22-11-10-21/h2-9,12,14,20-21H,10-11,13H2,1H3. The number of nitrogens with one attached hydrogen (secondary N) is 1. The summed E-state index contributed by atoms with van der Waals surface area (Å²) in [5.41, 5.74) is 8.52. The Labute approximate surface area is 136 Å². The second-order valence-corrected chi connectivity index (χ2v) is 5.52. The lowest BCUT2D eigenvalue weighted by atomic mass is 9.96. The Morgan fingerprint density at radius 3 is 2.48 bits per heavy atom. The van der Waals surface area contributed by atoms with Crippen molar-refractivity contribution in [3.63, 3.8) is 0 Å². The third-order valence-electron chi connectivity index (χ3n) is 3.74. The van der Waals surface area contributed by atoms with Crippen LogP contribution in [0.3, 0.4) is 0 Å². The van der Waals surface area contributed by atoms with E-state index in [1.165, 1.54) is 0 Å². The molecular formula is C19H21NO3. The highest BCUT2D eigenvalue weighted by Gasteiger charge is 2.16. The van der Waals surface area contributed by atoms with Crippen LogP contribution in [0.2, 0.25) is 0 Å². The van der Waals surface area contributed by atoms with Crippen molar-refractivity contribution in [1.29, 1.82) is 0 Å². The van der Waals surface area contributed by atoms with E-state index in [1.54, 1.807) is 0 Å². The molecule has 0 saturated heterocycles. The molecule has 1 unspecified atom stereocenters. The van der Waals surface area contributed by atoms with Gasteiger partial charge in [0.2, 0.25) is 0 Å². The Morgan fingerprint density at radius 2 is 1.83 bits per heavy atom. The molecule has 0 spiro atoms. The topological polar surface area (TPSA) is 50.7 Å². The van der Waals surface area contributed by atoms with Gasteiger partial charge in [0.15, 0.2) is 0 Å². The molecule has 2 aromatic carbocycles. The quantitative estimate of drug-likeness (QED) is 0.805. The zero-order valence-electron chi connectivity index (χ0n) is 13.2. The summed E-state index contributed by atoms with van der Waals surface area (Å²) in [5, 5.41) is 8.74. The van der Waals surface area contributed by atoms with Gasteiger partial charge in [0.05, 0.1) is 25.5 Å². The van der Waals surface area contributed by atoms with Crippen molar-refractivity contribution >= 4 is 5.70 Å². The van der Waals surface area contributed by atoms with E-state index in [2.05, 4.69) is 48.0 Å². The highest BCUT2D eigenvalue weighted by atomic mass is 16.7. The Bertz CT molecular complexity index is 679. The average Bonchev–Trinajstić information content (AvgIpc) is 3.02. The lowest BCUT2D eigenvalue weighted by molar-refractivity contribution is 0.0625. The first-order valence-corrected chi connectivity index (χ1v) is 7.79. The molecule has 3 rings (SSSR count). The van der Waals surface area contributed by atoms with Gasteiger partial charge in [0.25, 0.3) is 0 Å². The summed E-state index contributed by atoms with van der Waals surface area (Å²) in [4.78, 5) is 5.41. The van der Waals surface area contributed by atoms with Crippen molar-refractivity contribution in [1.82, 2.24) is 5.48 Å². The van der Waals surface area contributed by atoms with Crippen LogP contribution in [0, 0.1) is 0 Å². The molecule has 0 radical (unpaired) electrons. The lowest BCUT2D eigenvalue weighted by Gasteiger charge is -2.11. The lowest BCUT2D eigenvalue weighted by Crippen LogP contribution is -2.09. The highest BCUT2D eigenvalue weighted by molar-refractivity contribution is 5.81. The van der Waals surface area contributed by atoms with Gasteiger partial charge >= 0.3 is 0 Å². The molecule has 0 aromatic heterocycles. The minimum absolute atomic E-state index is 0.0497. The van der Waals surface area contributed by atoms with Crippen LogP contribution in [0.15, 0.2) is 54.6 Å². The van der Waals surface area contributed by atoms with Gasteiger partial charge < -0.3 is 9.84 Å². The van der Waals surface area contributed by atoms with E-state index in [-0.39, 0.29) is 12.7 Å². The molecule has 1 aliphatic rings. The van der Waals surface area contributed by atoms with Gasteiger partial charge in [-0.3, -0.25) is 10.3 Å². The number of ether oxygens (including phenoxy) is 1. The Balaban J connectivity index is 1.83. The minimum Gasteiger partial charge on any atom is -0.394 e. The predicted octanol–water partition coefficient (Wildman–Crippen LogP) is 3.13. The smallest absolute Gasteiger partial charge is 0.103 e. The Morgan fingerprint density at radius 1 is 1.09 bits per heavy atom. The molecule has 1 heterocycles. The van der Waals surface area contributed by atoms with Crippen molar-refractivity contribution in [3.05, 3.63) is 65.7 Å². The number of hydroxylamine groups is 1. The fourth-order valence-corrected chi connectivity index (χ4v) is 2.61. The molecule has 2 N–H and O–H groups in total. The van der Waals surface area contributed by atoms with Crippen LogP contribution >= 0.6 is 0 Å². The molecule has 1 atom stereocenters. The van der Waals surface area contributed by atoms with Crippen LogP contribution in [0.25, 0.3) is 16.8 Å². The molecular weight excluding hydrogens is 290 g/mol. The maximum Gasteiger partial charge on any atom is 0.103 e. The second kappa shape index (κ2) is 7.42. The number of rotatable bonds is 6. The van der Waals surface area contributed by atoms with Crippen LogP contribution in [0.1, 0.15) is 18.1 Å². The molecule has 0 saturated carbocycles. The van der Waals surface area contributed by atoms with Gasteiger partial charge in [0.1, 0.15) is 6.10 Å². The first-order valence-electron chi connectivity index (χ1n) is 7.79. The number of hydrogen-bond donors (Lipinski definition) is 2. The first-order chi connectivity index (χ1) is 11.3. The van der Waals surface area contributed by atoms with E-state index in [4.69, 9.17) is 14.7 Å². The summed E-state index contributed by atoms with van der Waals surface area (Å²) in [5.74, 6) is 0. The molecule has 23 heavy (non-hydrogen) atoms. The van der Waals surface area contributed by atoms with Gasteiger partial charge in [-0.2, -0.15) is 0 Å². The van der Waals surface area contributed by atoms with E-state index in [0.29, 0.717) is 13.2 Å². The third kappa shape index (κ3) is 3.79. The van der Waals surface area contributed by atoms with Gasteiger partial charge in [-0.05, 0) is 29.7 Å². The van der Waals surface area contributed by atoms with E-state index in [9.17, 15) is 0 Å². The normalized spacial score (nSPS) is 17.0. The summed E-state index contributed by atoms with van der Waals surface area (Å²) in [7, 11) is 0. The van der Waals surface area contributed by atoms with E-state index >= 15 is 0 Å². The third-order valence-corrected chi connectivity index (χ3v) is 3.74. The van der Waals surface area contributed by atoms with Crippen molar-refractivity contribution in [3.8, 4) is 11.1 Å². The maximum absolute atomic E-state index is 8.74. The molecule has 120 valence electrons. The van der Waals surface area contributed by atoms with Crippen molar-refractivity contribution in [2.45, 2.75) is 19.6 Å². The van der Waals surface area contributed by atoms with E-state index in [0.717, 1.165) is 28.0 Å². The van der Waals surface area contributed by atoms with Crippen LogP contribution < -0.4 is 5.48 Å². The van der Waals surface area contributed by atoms with Gasteiger partial charge in [-0.25, -0.2) is 0 Å². The Kier molecular flexibility index (Phi) is 5.08. The summed E-state index contributed by atoms with van der Waals surface area (Å²) in [6, 6.07) is 16.6. The number of benzene rings is 2. The SMILES string of the molecule is CC1C=C(c2ccccc2-c2ccc(COCCO)cc2)NO1. The summed E-state index contributed by atoms with van der Waals surface area (Å²) < 4.78 is 5.35.